The third-order valence-corrected chi connectivity index (χ3v) is 2.11. The maximum atomic E-state index is 12.6. The Balaban J connectivity index is 0.00000128. The van der Waals surface area contributed by atoms with E-state index >= 15 is 0 Å². The molecule has 1 aromatic carbocycles. The molecule has 16 heavy (non-hydrogen) atoms. The van der Waals surface area contributed by atoms with Crippen molar-refractivity contribution in [3.8, 4) is 0 Å². The van der Waals surface area contributed by atoms with Crippen LogP contribution >= 0.6 is 12.4 Å². The minimum atomic E-state index is -0.208. The molecule has 1 N–H and O–H groups in total. The number of aryl methyl sites for hydroxylation is 1. The van der Waals surface area contributed by atoms with Crippen molar-refractivity contribution in [1.82, 2.24) is 9.78 Å². The lowest BCUT2D eigenvalue weighted by molar-refractivity contribution is 0.627. The maximum absolute atomic E-state index is 12.6. The van der Waals surface area contributed by atoms with Gasteiger partial charge in [-0.15, -0.1) is 12.4 Å². The first-order valence-corrected chi connectivity index (χ1v) is 4.71. The van der Waals surface area contributed by atoms with Crippen molar-refractivity contribution >= 4 is 18.1 Å². The molecule has 0 saturated carbocycles. The van der Waals surface area contributed by atoms with Gasteiger partial charge >= 0.3 is 0 Å². The predicted molar refractivity (Wildman–Crippen MR) is 64.2 cm³/mol. The normalized spacial score (nSPS) is 9.62. The van der Waals surface area contributed by atoms with E-state index in [9.17, 15) is 4.39 Å². The lowest BCUT2D eigenvalue weighted by Crippen LogP contribution is -1.98. The standard InChI is InChI=1S/C11H12FN3.ClH/c1-15-8-11(7-14-15)13-6-9-2-4-10(12)5-3-9;/h2-5,7-8,13H,6H2,1H3;1H. The molecule has 0 fully saturated rings. The first-order valence-electron chi connectivity index (χ1n) is 4.71. The van der Waals surface area contributed by atoms with Crippen LogP contribution in [0.1, 0.15) is 5.56 Å². The smallest absolute Gasteiger partial charge is 0.123 e. The van der Waals surface area contributed by atoms with Crippen LogP contribution in [-0.2, 0) is 13.6 Å². The summed E-state index contributed by atoms with van der Waals surface area (Å²) in [4.78, 5) is 0. The van der Waals surface area contributed by atoms with Gasteiger partial charge in [0.05, 0.1) is 11.9 Å². The molecule has 3 nitrogen and oxygen atoms in total. The van der Waals surface area contributed by atoms with E-state index in [1.165, 1.54) is 12.1 Å². The summed E-state index contributed by atoms with van der Waals surface area (Å²) in [5.74, 6) is -0.208. The summed E-state index contributed by atoms with van der Waals surface area (Å²) in [7, 11) is 1.86. The molecule has 0 amide bonds. The molecule has 86 valence electrons. The second kappa shape index (κ2) is 5.51. The molecule has 0 aliphatic rings. The molecule has 0 bridgehead atoms. The van der Waals surface area contributed by atoms with Gasteiger partial charge in [0.1, 0.15) is 5.82 Å². The second-order valence-electron chi connectivity index (χ2n) is 3.38. The summed E-state index contributed by atoms with van der Waals surface area (Å²) >= 11 is 0. The minimum Gasteiger partial charge on any atom is -0.378 e. The Labute approximate surface area is 99.7 Å². The molecule has 2 aromatic rings. The molecule has 0 radical (unpaired) electrons. The number of nitrogens with one attached hydrogen (secondary N) is 1. The van der Waals surface area contributed by atoms with Crippen LogP contribution in [0, 0.1) is 5.82 Å². The molecule has 2 rings (SSSR count). The fraction of sp³-hybridized carbons (Fsp3) is 0.182. The SMILES string of the molecule is Cl.Cn1cc(NCc2ccc(F)cc2)cn1. The highest BCUT2D eigenvalue weighted by molar-refractivity contribution is 5.85. The van der Waals surface area contributed by atoms with Crippen molar-refractivity contribution in [1.29, 1.82) is 0 Å². The second-order valence-corrected chi connectivity index (χ2v) is 3.38. The van der Waals surface area contributed by atoms with E-state index in [0.717, 1.165) is 11.3 Å². The van der Waals surface area contributed by atoms with Crippen LogP contribution in [0.2, 0.25) is 0 Å². The number of hydrogen-bond acceptors (Lipinski definition) is 2. The van der Waals surface area contributed by atoms with Gasteiger partial charge in [-0.05, 0) is 17.7 Å². The van der Waals surface area contributed by atoms with Gasteiger partial charge in [-0.3, -0.25) is 4.68 Å². The zero-order chi connectivity index (χ0) is 10.7. The van der Waals surface area contributed by atoms with E-state index in [-0.39, 0.29) is 18.2 Å². The zero-order valence-electron chi connectivity index (χ0n) is 8.85. The van der Waals surface area contributed by atoms with E-state index in [1.54, 1.807) is 23.0 Å². The van der Waals surface area contributed by atoms with Crippen LogP contribution in [0.25, 0.3) is 0 Å². The van der Waals surface area contributed by atoms with Gasteiger partial charge in [-0.25, -0.2) is 4.39 Å². The Morgan fingerprint density at radius 1 is 1.31 bits per heavy atom. The minimum absolute atomic E-state index is 0. The third-order valence-electron chi connectivity index (χ3n) is 2.11. The third kappa shape index (κ3) is 3.24. The summed E-state index contributed by atoms with van der Waals surface area (Å²) in [6, 6.07) is 6.44. The van der Waals surface area contributed by atoms with Crippen LogP contribution < -0.4 is 5.32 Å². The highest BCUT2D eigenvalue weighted by Gasteiger charge is 1.96. The van der Waals surface area contributed by atoms with Crippen LogP contribution in [-0.4, -0.2) is 9.78 Å². The van der Waals surface area contributed by atoms with E-state index < -0.39 is 0 Å². The summed E-state index contributed by atoms with van der Waals surface area (Å²) in [5, 5.41) is 7.23. The number of nitrogens with zero attached hydrogens (tertiary/aromatic N) is 2. The van der Waals surface area contributed by atoms with Crippen LogP contribution in [0.15, 0.2) is 36.7 Å². The molecule has 0 saturated heterocycles. The fourth-order valence-corrected chi connectivity index (χ4v) is 1.32. The average molecular weight is 242 g/mol. The highest BCUT2D eigenvalue weighted by atomic mass is 35.5. The predicted octanol–water partition coefficient (Wildman–Crippen LogP) is 2.59. The number of anilines is 1. The summed E-state index contributed by atoms with van der Waals surface area (Å²) in [5.41, 5.74) is 2.00. The lowest BCUT2D eigenvalue weighted by Gasteiger charge is -2.02. The monoisotopic (exact) mass is 241 g/mol. The quantitative estimate of drug-likeness (QED) is 0.895. The molecule has 0 aliphatic carbocycles. The van der Waals surface area contributed by atoms with Gasteiger partial charge in [0.2, 0.25) is 0 Å². The molecule has 0 unspecified atom stereocenters. The Bertz CT molecular complexity index is 439. The Morgan fingerprint density at radius 2 is 2.00 bits per heavy atom. The van der Waals surface area contributed by atoms with Gasteiger partial charge in [-0.1, -0.05) is 12.1 Å². The summed E-state index contributed by atoms with van der Waals surface area (Å²) in [6.07, 6.45) is 3.65. The van der Waals surface area contributed by atoms with Crippen LogP contribution in [0.5, 0.6) is 0 Å². The van der Waals surface area contributed by atoms with Gasteiger partial charge < -0.3 is 5.32 Å². The number of benzene rings is 1. The van der Waals surface area contributed by atoms with Crippen molar-refractivity contribution in [3.05, 3.63) is 48.0 Å². The van der Waals surface area contributed by atoms with Gasteiger partial charge in [0.15, 0.2) is 0 Å². The summed E-state index contributed by atoms with van der Waals surface area (Å²) in [6.45, 7) is 0.673. The van der Waals surface area contributed by atoms with Crippen molar-refractivity contribution in [3.63, 3.8) is 0 Å². The van der Waals surface area contributed by atoms with E-state index in [2.05, 4.69) is 10.4 Å². The van der Waals surface area contributed by atoms with Gasteiger partial charge in [0, 0.05) is 19.8 Å². The lowest BCUT2D eigenvalue weighted by atomic mass is 10.2. The molecule has 0 aliphatic heterocycles. The first-order chi connectivity index (χ1) is 7.24. The summed E-state index contributed by atoms with van der Waals surface area (Å²) < 4.78 is 14.3. The molecule has 0 spiro atoms. The number of hydrogen-bond donors (Lipinski definition) is 1. The van der Waals surface area contributed by atoms with Crippen molar-refractivity contribution < 1.29 is 4.39 Å². The zero-order valence-corrected chi connectivity index (χ0v) is 9.67. The Kier molecular flexibility index (Phi) is 4.31. The largest absolute Gasteiger partial charge is 0.378 e. The van der Waals surface area contributed by atoms with E-state index in [4.69, 9.17) is 0 Å². The molecular weight excluding hydrogens is 229 g/mol. The average Bonchev–Trinajstić information content (AvgIpc) is 2.64. The Morgan fingerprint density at radius 3 is 2.56 bits per heavy atom. The fourth-order valence-electron chi connectivity index (χ4n) is 1.32. The first kappa shape index (κ1) is 12.5. The molecule has 0 atom stereocenters. The molecule has 1 heterocycles. The van der Waals surface area contributed by atoms with Gasteiger partial charge in [0.25, 0.3) is 0 Å². The Hall–Kier alpha value is -1.55. The molecular formula is C11H13ClFN3. The number of aromatic nitrogens is 2. The number of rotatable bonds is 3. The van der Waals surface area contributed by atoms with Crippen LogP contribution in [0.3, 0.4) is 0 Å². The van der Waals surface area contributed by atoms with Crippen molar-refractivity contribution in [2.45, 2.75) is 6.54 Å². The van der Waals surface area contributed by atoms with Crippen molar-refractivity contribution in [2.75, 3.05) is 5.32 Å². The van der Waals surface area contributed by atoms with E-state index in [1.807, 2.05) is 13.2 Å². The van der Waals surface area contributed by atoms with E-state index in [0.29, 0.717) is 6.54 Å². The topological polar surface area (TPSA) is 29.9 Å². The van der Waals surface area contributed by atoms with Crippen LogP contribution in [0.4, 0.5) is 10.1 Å². The van der Waals surface area contributed by atoms with Crippen molar-refractivity contribution in [2.24, 2.45) is 7.05 Å². The maximum Gasteiger partial charge on any atom is 0.123 e. The molecule has 1 aromatic heterocycles. The molecule has 5 heteroatoms. The highest BCUT2D eigenvalue weighted by Crippen LogP contribution is 2.08. The van der Waals surface area contributed by atoms with Gasteiger partial charge in [-0.2, -0.15) is 5.10 Å². The number of halogens is 2.